The van der Waals surface area contributed by atoms with Gasteiger partial charge in [0.05, 0.1) is 12.1 Å². The van der Waals surface area contributed by atoms with Gasteiger partial charge >= 0.3 is 5.97 Å². The number of carbonyl (C=O) groups excluding carboxylic acids is 2. The van der Waals surface area contributed by atoms with Crippen LogP contribution in [0.15, 0.2) is 54.6 Å². The number of carbonyl (C=O) groups is 2. The van der Waals surface area contributed by atoms with Crippen LogP contribution in [0.5, 0.6) is 0 Å². The summed E-state index contributed by atoms with van der Waals surface area (Å²) in [5, 5.41) is 10.5. The minimum atomic E-state index is -0.384. The van der Waals surface area contributed by atoms with Crippen molar-refractivity contribution in [1.29, 1.82) is 0 Å². The molecule has 6 nitrogen and oxygen atoms in total. The van der Waals surface area contributed by atoms with E-state index < -0.39 is 0 Å². The molecule has 0 aliphatic carbocycles. The predicted molar refractivity (Wildman–Crippen MR) is 96.2 cm³/mol. The van der Waals surface area contributed by atoms with E-state index in [0.717, 1.165) is 16.5 Å². The molecule has 0 saturated heterocycles. The summed E-state index contributed by atoms with van der Waals surface area (Å²) in [7, 11) is 0. The number of benzene rings is 2. The van der Waals surface area contributed by atoms with Gasteiger partial charge in [-0.3, -0.25) is 9.89 Å². The van der Waals surface area contributed by atoms with Gasteiger partial charge in [-0.2, -0.15) is 5.10 Å². The van der Waals surface area contributed by atoms with Crippen LogP contribution in [0.2, 0.25) is 0 Å². The summed E-state index contributed by atoms with van der Waals surface area (Å²) in [5.74, 6) is -0.669. The quantitative estimate of drug-likeness (QED) is 0.553. The van der Waals surface area contributed by atoms with Crippen LogP contribution in [-0.4, -0.2) is 28.7 Å². The summed E-state index contributed by atoms with van der Waals surface area (Å²) in [6.07, 6.45) is 3.03. The van der Waals surface area contributed by atoms with Crippen molar-refractivity contribution in [1.82, 2.24) is 10.2 Å². The molecule has 0 radical (unpaired) electrons. The summed E-state index contributed by atoms with van der Waals surface area (Å²) >= 11 is 0. The SMILES string of the molecule is CCOC(=O)C=Cc1ccc(NC(=O)c2n[nH]c3ccccc23)cc1. The Kier molecular flexibility index (Phi) is 4.89. The Bertz CT molecular complexity index is 926. The zero-order valence-electron chi connectivity index (χ0n) is 13.7. The van der Waals surface area contributed by atoms with Crippen LogP contribution < -0.4 is 5.32 Å². The highest BCUT2D eigenvalue weighted by Gasteiger charge is 2.13. The molecule has 126 valence electrons. The molecule has 0 aliphatic heterocycles. The molecule has 0 aliphatic rings. The van der Waals surface area contributed by atoms with Crippen molar-refractivity contribution in [3.8, 4) is 0 Å². The molecule has 2 N–H and O–H groups in total. The Hall–Kier alpha value is -3.41. The molecule has 3 aromatic rings. The molecule has 1 aromatic heterocycles. The van der Waals surface area contributed by atoms with E-state index in [2.05, 4.69) is 15.5 Å². The van der Waals surface area contributed by atoms with Gasteiger partial charge in [-0.05, 0) is 36.8 Å². The summed E-state index contributed by atoms with van der Waals surface area (Å²) < 4.78 is 4.82. The molecule has 2 aromatic carbocycles. The van der Waals surface area contributed by atoms with Crippen molar-refractivity contribution in [3.05, 3.63) is 65.9 Å². The van der Waals surface area contributed by atoms with E-state index in [1.165, 1.54) is 6.08 Å². The number of esters is 1. The van der Waals surface area contributed by atoms with Gasteiger partial charge in [0.1, 0.15) is 0 Å². The lowest BCUT2D eigenvalue weighted by atomic mass is 10.1. The number of ether oxygens (including phenoxy) is 1. The van der Waals surface area contributed by atoms with Crippen molar-refractivity contribution < 1.29 is 14.3 Å². The van der Waals surface area contributed by atoms with Crippen LogP contribution in [0, 0.1) is 0 Å². The number of rotatable bonds is 5. The number of fused-ring (bicyclic) bond motifs is 1. The lowest BCUT2D eigenvalue weighted by Crippen LogP contribution is -2.12. The lowest BCUT2D eigenvalue weighted by molar-refractivity contribution is -0.137. The Labute approximate surface area is 144 Å². The first-order valence-electron chi connectivity index (χ1n) is 7.86. The highest BCUT2D eigenvalue weighted by Crippen LogP contribution is 2.17. The van der Waals surface area contributed by atoms with E-state index in [0.29, 0.717) is 18.0 Å². The number of aromatic nitrogens is 2. The topological polar surface area (TPSA) is 84.1 Å². The molecule has 1 heterocycles. The number of hydrogen-bond acceptors (Lipinski definition) is 4. The maximum Gasteiger partial charge on any atom is 0.330 e. The second kappa shape index (κ2) is 7.44. The number of para-hydroxylation sites is 1. The molecule has 0 spiro atoms. The fourth-order valence-corrected chi connectivity index (χ4v) is 2.36. The van der Waals surface area contributed by atoms with Gasteiger partial charge in [0.2, 0.25) is 0 Å². The zero-order chi connectivity index (χ0) is 17.6. The number of anilines is 1. The van der Waals surface area contributed by atoms with Crippen molar-refractivity contribution >= 4 is 34.5 Å². The van der Waals surface area contributed by atoms with E-state index >= 15 is 0 Å². The van der Waals surface area contributed by atoms with Gasteiger partial charge in [-0.15, -0.1) is 0 Å². The fraction of sp³-hybridized carbons (Fsp3) is 0.105. The Morgan fingerprint density at radius 2 is 1.92 bits per heavy atom. The van der Waals surface area contributed by atoms with E-state index in [9.17, 15) is 9.59 Å². The third-order valence-corrected chi connectivity index (χ3v) is 3.55. The molecule has 3 rings (SSSR count). The molecule has 0 unspecified atom stereocenters. The van der Waals surface area contributed by atoms with Crippen LogP contribution in [0.3, 0.4) is 0 Å². The number of nitrogens with zero attached hydrogens (tertiary/aromatic N) is 1. The van der Waals surface area contributed by atoms with E-state index in [1.807, 2.05) is 24.3 Å². The number of nitrogens with one attached hydrogen (secondary N) is 2. The second-order valence-electron chi connectivity index (χ2n) is 5.28. The van der Waals surface area contributed by atoms with Crippen molar-refractivity contribution in [2.24, 2.45) is 0 Å². The first kappa shape index (κ1) is 16.4. The summed E-state index contributed by atoms with van der Waals surface area (Å²) in [5.41, 5.74) is 2.63. The van der Waals surface area contributed by atoms with Crippen LogP contribution in [0.1, 0.15) is 23.0 Å². The van der Waals surface area contributed by atoms with Gasteiger partial charge < -0.3 is 10.1 Å². The largest absolute Gasteiger partial charge is 0.463 e. The monoisotopic (exact) mass is 335 g/mol. The van der Waals surface area contributed by atoms with Gasteiger partial charge in [0.25, 0.3) is 5.91 Å². The summed E-state index contributed by atoms with van der Waals surface area (Å²) in [6.45, 7) is 2.10. The molecule has 1 amide bonds. The van der Waals surface area contributed by atoms with Gasteiger partial charge in [-0.1, -0.05) is 30.3 Å². The first-order chi connectivity index (χ1) is 12.2. The maximum absolute atomic E-state index is 12.4. The van der Waals surface area contributed by atoms with Gasteiger partial charge in [0.15, 0.2) is 5.69 Å². The second-order valence-corrected chi connectivity index (χ2v) is 5.28. The standard InChI is InChI=1S/C19H17N3O3/c1-2-25-17(23)12-9-13-7-10-14(11-8-13)20-19(24)18-15-5-3-4-6-16(15)21-22-18/h3-12H,2H2,1H3,(H,20,24)(H,21,22). The highest BCUT2D eigenvalue weighted by atomic mass is 16.5. The Balaban J connectivity index is 1.69. The Morgan fingerprint density at radius 3 is 2.68 bits per heavy atom. The minimum absolute atomic E-state index is 0.285. The average molecular weight is 335 g/mol. The Morgan fingerprint density at radius 1 is 1.16 bits per heavy atom. The van der Waals surface area contributed by atoms with Crippen LogP contribution in [-0.2, 0) is 9.53 Å². The molecule has 0 saturated carbocycles. The minimum Gasteiger partial charge on any atom is -0.463 e. The number of aromatic amines is 1. The molecule has 0 fully saturated rings. The fourth-order valence-electron chi connectivity index (χ4n) is 2.36. The molecular weight excluding hydrogens is 318 g/mol. The number of amides is 1. The van der Waals surface area contributed by atoms with Gasteiger partial charge in [-0.25, -0.2) is 4.79 Å². The number of H-pyrrole nitrogens is 1. The third kappa shape index (κ3) is 3.92. The zero-order valence-corrected chi connectivity index (χ0v) is 13.7. The van der Waals surface area contributed by atoms with Gasteiger partial charge in [0, 0.05) is 17.1 Å². The molecule has 25 heavy (non-hydrogen) atoms. The van der Waals surface area contributed by atoms with E-state index in [4.69, 9.17) is 4.74 Å². The number of hydrogen-bond donors (Lipinski definition) is 2. The average Bonchev–Trinajstić information content (AvgIpc) is 3.05. The molecule has 0 atom stereocenters. The van der Waals surface area contributed by atoms with E-state index in [1.54, 1.807) is 37.3 Å². The van der Waals surface area contributed by atoms with Crippen molar-refractivity contribution in [2.75, 3.05) is 11.9 Å². The molecular formula is C19H17N3O3. The van der Waals surface area contributed by atoms with Crippen molar-refractivity contribution in [3.63, 3.8) is 0 Å². The van der Waals surface area contributed by atoms with Crippen LogP contribution >= 0.6 is 0 Å². The highest BCUT2D eigenvalue weighted by molar-refractivity contribution is 6.11. The lowest BCUT2D eigenvalue weighted by Gasteiger charge is -2.04. The van der Waals surface area contributed by atoms with E-state index in [-0.39, 0.29) is 11.9 Å². The third-order valence-electron chi connectivity index (χ3n) is 3.55. The predicted octanol–water partition coefficient (Wildman–Crippen LogP) is 3.39. The van der Waals surface area contributed by atoms with Crippen molar-refractivity contribution in [2.45, 2.75) is 6.92 Å². The summed E-state index contributed by atoms with van der Waals surface area (Å²) in [4.78, 5) is 23.7. The van der Waals surface area contributed by atoms with Crippen LogP contribution in [0.25, 0.3) is 17.0 Å². The van der Waals surface area contributed by atoms with Crippen LogP contribution in [0.4, 0.5) is 5.69 Å². The molecule has 6 heteroatoms. The first-order valence-corrected chi connectivity index (χ1v) is 7.86. The molecule has 0 bridgehead atoms. The smallest absolute Gasteiger partial charge is 0.330 e. The summed E-state index contributed by atoms with van der Waals surface area (Å²) in [6, 6.07) is 14.6. The normalized spacial score (nSPS) is 10.9. The maximum atomic E-state index is 12.4.